The minimum Gasteiger partial charge on any atom is -0.345 e. The molecule has 0 aliphatic carbocycles. The normalized spacial score (nSPS) is 10.2. The van der Waals surface area contributed by atoms with Gasteiger partial charge in [0.2, 0.25) is 0 Å². The molecule has 2 aliphatic rings. The van der Waals surface area contributed by atoms with Crippen molar-refractivity contribution in [1.82, 2.24) is 25.1 Å². The molecular formula is C13H11N5. The molecule has 18 heavy (non-hydrogen) atoms. The van der Waals surface area contributed by atoms with Crippen LogP contribution in [0.4, 0.5) is 0 Å². The van der Waals surface area contributed by atoms with Crippen LogP contribution in [0, 0.1) is 0 Å². The SMILES string of the molecule is c1cc2[nH]cncc-2n1.c1ccc2[nH]ncc2c1. The van der Waals surface area contributed by atoms with E-state index in [2.05, 4.69) is 25.1 Å². The van der Waals surface area contributed by atoms with Crippen LogP contribution in [0.3, 0.4) is 0 Å². The molecule has 0 bridgehead atoms. The Morgan fingerprint density at radius 3 is 2.83 bits per heavy atom. The third-order valence-corrected chi connectivity index (χ3v) is 2.57. The summed E-state index contributed by atoms with van der Waals surface area (Å²) in [5.41, 5.74) is 3.04. The third-order valence-electron chi connectivity index (χ3n) is 2.57. The number of rotatable bonds is 0. The first-order chi connectivity index (χ1) is 8.93. The molecule has 0 spiro atoms. The lowest BCUT2D eigenvalue weighted by Gasteiger charge is -1.91. The van der Waals surface area contributed by atoms with Crippen molar-refractivity contribution in [2.24, 2.45) is 0 Å². The van der Waals surface area contributed by atoms with E-state index in [1.54, 1.807) is 18.7 Å². The van der Waals surface area contributed by atoms with E-state index in [4.69, 9.17) is 0 Å². The van der Waals surface area contributed by atoms with Gasteiger partial charge in [0.15, 0.2) is 0 Å². The van der Waals surface area contributed by atoms with Crippen molar-refractivity contribution in [3.8, 4) is 11.4 Å². The highest BCUT2D eigenvalue weighted by Crippen LogP contribution is 2.12. The molecule has 2 aromatic rings. The van der Waals surface area contributed by atoms with Gasteiger partial charge in [-0.15, -0.1) is 0 Å². The topological polar surface area (TPSA) is 70.2 Å². The smallest absolute Gasteiger partial charge is 0.105 e. The maximum Gasteiger partial charge on any atom is 0.105 e. The fourth-order valence-corrected chi connectivity index (χ4v) is 1.67. The van der Waals surface area contributed by atoms with Crippen molar-refractivity contribution in [1.29, 1.82) is 0 Å². The Morgan fingerprint density at radius 1 is 1.00 bits per heavy atom. The summed E-state index contributed by atoms with van der Waals surface area (Å²) in [6, 6.07) is 9.93. The van der Waals surface area contributed by atoms with E-state index in [9.17, 15) is 0 Å². The van der Waals surface area contributed by atoms with Gasteiger partial charge in [-0.05, 0) is 12.1 Å². The number of nitrogens with zero attached hydrogens (tertiary/aromatic N) is 3. The first-order valence-corrected chi connectivity index (χ1v) is 5.55. The molecule has 3 heterocycles. The largest absolute Gasteiger partial charge is 0.345 e. The van der Waals surface area contributed by atoms with Gasteiger partial charge in [-0.25, -0.2) is 4.98 Å². The van der Waals surface area contributed by atoms with E-state index >= 15 is 0 Å². The van der Waals surface area contributed by atoms with Gasteiger partial charge in [-0.3, -0.25) is 10.1 Å². The number of hydrogen-bond donors (Lipinski definition) is 2. The Bertz CT molecular complexity index is 654. The number of para-hydroxylation sites is 1. The van der Waals surface area contributed by atoms with Crippen molar-refractivity contribution in [2.45, 2.75) is 0 Å². The van der Waals surface area contributed by atoms with E-state index in [0.717, 1.165) is 22.3 Å². The highest BCUT2D eigenvalue weighted by atomic mass is 15.1. The predicted molar refractivity (Wildman–Crippen MR) is 69.1 cm³/mol. The summed E-state index contributed by atoms with van der Waals surface area (Å²) >= 11 is 0. The highest BCUT2D eigenvalue weighted by molar-refractivity contribution is 5.77. The average Bonchev–Trinajstić information content (AvgIpc) is 3.08. The van der Waals surface area contributed by atoms with Crippen molar-refractivity contribution in [3.63, 3.8) is 0 Å². The van der Waals surface area contributed by atoms with Crippen LogP contribution in [-0.4, -0.2) is 25.1 Å². The van der Waals surface area contributed by atoms with Crippen LogP contribution in [-0.2, 0) is 0 Å². The molecular weight excluding hydrogens is 226 g/mol. The molecule has 1 aromatic heterocycles. The summed E-state index contributed by atoms with van der Waals surface area (Å²) in [5.74, 6) is 0. The lowest BCUT2D eigenvalue weighted by molar-refractivity contribution is 1.12. The Balaban J connectivity index is 0.000000111. The molecule has 1 aromatic carbocycles. The van der Waals surface area contributed by atoms with Gasteiger partial charge in [0.1, 0.15) is 5.69 Å². The van der Waals surface area contributed by atoms with E-state index in [-0.39, 0.29) is 0 Å². The minimum absolute atomic E-state index is 0.914. The van der Waals surface area contributed by atoms with Crippen LogP contribution in [0.25, 0.3) is 22.3 Å². The predicted octanol–water partition coefficient (Wildman–Crippen LogP) is 2.47. The summed E-state index contributed by atoms with van der Waals surface area (Å²) in [6.07, 6.45) is 6.94. The molecule has 0 unspecified atom stereocenters. The van der Waals surface area contributed by atoms with E-state index in [1.807, 2.05) is 36.5 Å². The van der Waals surface area contributed by atoms with E-state index in [0.29, 0.717) is 0 Å². The Hall–Kier alpha value is -2.69. The van der Waals surface area contributed by atoms with E-state index in [1.165, 1.54) is 0 Å². The zero-order valence-corrected chi connectivity index (χ0v) is 9.54. The highest BCUT2D eigenvalue weighted by Gasteiger charge is 1.99. The van der Waals surface area contributed by atoms with Gasteiger partial charge in [0.25, 0.3) is 0 Å². The monoisotopic (exact) mass is 237 g/mol. The van der Waals surface area contributed by atoms with Gasteiger partial charge >= 0.3 is 0 Å². The zero-order valence-electron chi connectivity index (χ0n) is 9.54. The Morgan fingerprint density at radius 2 is 1.94 bits per heavy atom. The second-order valence-electron chi connectivity index (χ2n) is 3.75. The first kappa shape index (κ1) is 10.5. The summed E-state index contributed by atoms with van der Waals surface area (Å²) in [6.45, 7) is 0. The molecule has 5 heteroatoms. The average molecular weight is 237 g/mol. The molecule has 0 fully saturated rings. The Labute approximate surface area is 103 Å². The molecule has 0 saturated carbocycles. The number of nitrogens with one attached hydrogen (secondary N) is 2. The van der Waals surface area contributed by atoms with Crippen molar-refractivity contribution < 1.29 is 0 Å². The summed E-state index contributed by atoms with van der Waals surface area (Å²) < 4.78 is 0. The van der Waals surface area contributed by atoms with Gasteiger partial charge in [-0.1, -0.05) is 18.2 Å². The lowest BCUT2D eigenvalue weighted by Crippen LogP contribution is -1.81. The molecule has 2 aliphatic heterocycles. The maximum atomic E-state index is 4.02. The molecule has 0 atom stereocenters. The van der Waals surface area contributed by atoms with Gasteiger partial charge in [0.05, 0.1) is 29.9 Å². The zero-order chi connectivity index (χ0) is 12.2. The number of fused-ring (bicyclic) bond motifs is 2. The second kappa shape index (κ2) is 4.67. The lowest BCUT2D eigenvalue weighted by atomic mass is 10.3. The van der Waals surface area contributed by atoms with Crippen molar-refractivity contribution >= 4 is 10.9 Å². The van der Waals surface area contributed by atoms with E-state index < -0.39 is 0 Å². The van der Waals surface area contributed by atoms with Crippen LogP contribution in [0.15, 0.2) is 55.2 Å². The molecule has 0 radical (unpaired) electrons. The standard InChI is InChI=1S/C7H6N2.C6H5N3/c1-2-4-7-6(3-1)5-8-9-7;1-2-8-6-3-7-4-9-5(1)6/h1-5H,(H,8,9);1-4H,(H,7,9). The number of benzene rings is 1. The third kappa shape index (κ3) is 2.06. The molecule has 0 saturated heterocycles. The first-order valence-electron chi connectivity index (χ1n) is 5.55. The van der Waals surface area contributed by atoms with Crippen LogP contribution in [0.2, 0.25) is 0 Å². The summed E-state index contributed by atoms with van der Waals surface area (Å²) in [4.78, 5) is 10.8. The number of aromatic nitrogens is 5. The van der Waals surface area contributed by atoms with Crippen LogP contribution >= 0.6 is 0 Å². The van der Waals surface area contributed by atoms with Crippen molar-refractivity contribution in [2.75, 3.05) is 0 Å². The van der Waals surface area contributed by atoms with Crippen molar-refractivity contribution in [3.05, 3.63) is 55.2 Å². The van der Waals surface area contributed by atoms with Crippen LogP contribution in [0.1, 0.15) is 0 Å². The maximum absolute atomic E-state index is 4.02. The van der Waals surface area contributed by atoms with Gasteiger partial charge < -0.3 is 4.98 Å². The fourth-order valence-electron chi connectivity index (χ4n) is 1.67. The summed E-state index contributed by atoms with van der Waals surface area (Å²) in [5, 5.41) is 7.91. The molecule has 0 amide bonds. The number of H-pyrrole nitrogens is 2. The van der Waals surface area contributed by atoms with Gasteiger partial charge in [-0.2, -0.15) is 5.10 Å². The fraction of sp³-hybridized carbons (Fsp3) is 0. The number of hydrogen-bond acceptors (Lipinski definition) is 3. The summed E-state index contributed by atoms with van der Waals surface area (Å²) in [7, 11) is 0. The minimum atomic E-state index is 0.914. The van der Waals surface area contributed by atoms with Crippen LogP contribution < -0.4 is 0 Å². The van der Waals surface area contributed by atoms with Crippen LogP contribution in [0.5, 0.6) is 0 Å². The number of aromatic amines is 2. The van der Waals surface area contributed by atoms with Gasteiger partial charge in [0, 0.05) is 11.6 Å². The quantitative estimate of drug-likeness (QED) is 0.493. The molecule has 2 N–H and O–H groups in total. The second-order valence-corrected chi connectivity index (χ2v) is 3.75. The molecule has 88 valence electrons. The molecule has 5 nitrogen and oxygen atoms in total. The Kier molecular flexibility index (Phi) is 2.71. The molecule has 4 rings (SSSR count).